The van der Waals surface area contributed by atoms with Gasteiger partial charge >= 0.3 is 0 Å². The first kappa shape index (κ1) is 32.2. The molecule has 252 valence electrons. The van der Waals surface area contributed by atoms with Gasteiger partial charge in [-0.3, -0.25) is 9.48 Å². The van der Waals surface area contributed by atoms with E-state index in [1.165, 1.54) is 5.56 Å². The van der Waals surface area contributed by atoms with Crippen LogP contribution in [-0.4, -0.2) is 86.6 Å². The Morgan fingerprint density at radius 3 is 2.52 bits per heavy atom. The van der Waals surface area contributed by atoms with E-state index in [2.05, 4.69) is 55.5 Å². The van der Waals surface area contributed by atoms with Crippen molar-refractivity contribution in [1.82, 2.24) is 30.0 Å². The predicted molar refractivity (Wildman–Crippen MR) is 186 cm³/mol. The van der Waals surface area contributed by atoms with Crippen molar-refractivity contribution in [1.29, 1.82) is 0 Å². The van der Waals surface area contributed by atoms with Gasteiger partial charge in [0.05, 0.1) is 37.1 Å². The third-order valence-electron chi connectivity index (χ3n) is 10.2. The Morgan fingerprint density at radius 2 is 1.75 bits per heavy atom. The van der Waals surface area contributed by atoms with Crippen molar-refractivity contribution in [3.8, 4) is 22.3 Å². The van der Waals surface area contributed by atoms with Gasteiger partial charge in [0.2, 0.25) is 0 Å². The lowest BCUT2D eigenvalue weighted by molar-refractivity contribution is 0.0272. The summed E-state index contributed by atoms with van der Waals surface area (Å²) in [5.74, 6) is 1.12. The number of hydrogen-bond donors (Lipinski definition) is 3. The maximum Gasteiger partial charge on any atom is 0.255 e. The highest BCUT2D eigenvalue weighted by Crippen LogP contribution is 2.33. The lowest BCUT2D eigenvalue weighted by atomic mass is 9.96. The van der Waals surface area contributed by atoms with Gasteiger partial charge in [-0.15, -0.1) is 0 Å². The summed E-state index contributed by atoms with van der Waals surface area (Å²) >= 11 is 0. The molecule has 2 atom stereocenters. The number of aliphatic hydroxyl groups excluding tert-OH is 1. The molecule has 0 spiro atoms. The maximum atomic E-state index is 13.3. The lowest BCUT2D eigenvalue weighted by Gasteiger charge is -2.41. The number of rotatable bonds is 10. The van der Waals surface area contributed by atoms with E-state index in [1.54, 1.807) is 23.1 Å². The smallest absolute Gasteiger partial charge is 0.255 e. The molecule has 2 fully saturated rings. The summed E-state index contributed by atoms with van der Waals surface area (Å²) in [5, 5.41) is 16.7. The number of aryl methyl sites for hydroxylation is 2. The van der Waals surface area contributed by atoms with Gasteiger partial charge in [0.15, 0.2) is 0 Å². The zero-order valence-corrected chi connectivity index (χ0v) is 27.7. The SMILES string of the molecule is Cn1cc(-c2cnc(N)c(C(=O)N[C@H]3CCC[C@@H]3OCc3ccc(-c4cnc5c(c4)CCCN5C4CCN(CCO)CC4)cc3)c2)cn1. The maximum absolute atomic E-state index is 13.3. The fourth-order valence-corrected chi connectivity index (χ4v) is 7.52. The van der Waals surface area contributed by atoms with Gasteiger partial charge < -0.3 is 30.7 Å². The molecule has 11 heteroatoms. The number of β-amino-alcohol motifs (C(OH)–C–C–N with tert-alkyl or cyclic N) is 1. The lowest BCUT2D eigenvalue weighted by Crippen LogP contribution is -2.47. The molecule has 1 saturated heterocycles. The summed E-state index contributed by atoms with van der Waals surface area (Å²) in [4.78, 5) is 27.5. The first-order valence-electron chi connectivity index (χ1n) is 17.3. The highest BCUT2D eigenvalue weighted by atomic mass is 16.5. The molecular formula is C37H46N8O3. The monoisotopic (exact) mass is 650 g/mol. The van der Waals surface area contributed by atoms with Crippen LogP contribution in [0.5, 0.6) is 0 Å². The average molecular weight is 651 g/mol. The highest BCUT2D eigenvalue weighted by Gasteiger charge is 2.31. The molecule has 2 aliphatic heterocycles. The van der Waals surface area contributed by atoms with Crippen LogP contribution in [0.25, 0.3) is 22.3 Å². The highest BCUT2D eigenvalue weighted by molar-refractivity contribution is 5.99. The Balaban J connectivity index is 0.950. The predicted octanol–water partition coefficient (Wildman–Crippen LogP) is 4.20. The molecule has 48 heavy (non-hydrogen) atoms. The van der Waals surface area contributed by atoms with Crippen molar-refractivity contribution in [2.45, 2.75) is 69.7 Å². The molecule has 11 nitrogen and oxygen atoms in total. The van der Waals surface area contributed by atoms with E-state index in [9.17, 15) is 9.90 Å². The molecule has 3 aliphatic rings. The van der Waals surface area contributed by atoms with E-state index in [-0.39, 0.29) is 30.5 Å². The van der Waals surface area contributed by atoms with Crippen LogP contribution in [0.3, 0.4) is 0 Å². The summed E-state index contributed by atoms with van der Waals surface area (Å²) in [6, 6.07) is 13.1. The Kier molecular flexibility index (Phi) is 9.69. The minimum Gasteiger partial charge on any atom is -0.395 e. The number of nitrogens with zero attached hydrogens (tertiary/aromatic N) is 6. The van der Waals surface area contributed by atoms with Gasteiger partial charge in [-0.05, 0) is 73.8 Å². The van der Waals surface area contributed by atoms with Crippen molar-refractivity contribution in [3.05, 3.63) is 77.9 Å². The summed E-state index contributed by atoms with van der Waals surface area (Å²) in [5.41, 5.74) is 12.9. The third-order valence-corrected chi connectivity index (χ3v) is 10.2. The number of fused-ring (bicyclic) bond motifs is 1. The normalized spacial score (nSPS) is 20.2. The molecule has 1 aliphatic carbocycles. The number of aliphatic hydroxyl groups is 1. The fourth-order valence-electron chi connectivity index (χ4n) is 7.52. The minimum atomic E-state index is -0.235. The number of pyridine rings is 2. The first-order valence-corrected chi connectivity index (χ1v) is 17.3. The number of nitrogens with two attached hydrogens (primary N) is 1. The fraction of sp³-hybridized carbons (Fsp3) is 0.459. The van der Waals surface area contributed by atoms with E-state index in [1.807, 2.05) is 19.4 Å². The third kappa shape index (κ3) is 7.08. The minimum absolute atomic E-state index is 0.0703. The number of ether oxygens (including phenoxy) is 1. The van der Waals surface area contributed by atoms with Gasteiger partial charge in [-0.25, -0.2) is 9.97 Å². The molecule has 1 amide bonds. The Bertz CT molecular complexity index is 1720. The number of nitrogens with one attached hydrogen (secondary N) is 1. The summed E-state index contributed by atoms with van der Waals surface area (Å²) in [6.07, 6.45) is 14.4. The number of carbonyl (C=O) groups excluding carboxylic acids is 1. The number of aromatic nitrogens is 4. The molecule has 5 heterocycles. The van der Waals surface area contributed by atoms with E-state index in [0.717, 1.165) is 105 Å². The Morgan fingerprint density at radius 1 is 0.958 bits per heavy atom. The van der Waals surface area contributed by atoms with Crippen molar-refractivity contribution < 1.29 is 14.6 Å². The van der Waals surface area contributed by atoms with Crippen LogP contribution in [-0.2, 0) is 24.8 Å². The van der Waals surface area contributed by atoms with Crippen molar-refractivity contribution in [2.24, 2.45) is 7.05 Å². The number of anilines is 2. The average Bonchev–Trinajstić information content (AvgIpc) is 3.76. The van der Waals surface area contributed by atoms with Gasteiger partial charge in [0, 0.05) is 74.5 Å². The molecule has 3 aromatic heterocycles. The van der Waals surface area contributed by atoms with Gasteiger partial charge in [-0.2, -0.15) is 5.10 Å². The second-order valence-corrected chi connectivity index (χ2v) is 13.4. The van der Waals surface area contributed by atoms with Crippen LogP contribution in [0.15, 0.2) is 61.2 Å². The largest absolute Gasteiger partial charge is 0.395 e. The van der Waals surface area contributed by atoms with Gasteiger partial charge in [0.1, 0.15) is 11.6 Å². The number of nitrogen functional groups attached to an aromatic ring is 1. The molecule has 0 unspecified atom stereocenters. The van der Waals surface area contributed by atoms with Crippen LogP contribution >= 0.6 is 0 Å². The van der Waals surface area contributed by atoms with E-state index in [4.69, 9.17) is 15.5 Å². The molecule has 1 aromatic carbocycles. The molecule has 1 saturated carbocycles. The van der Waals surface area contributed by atoms with Gasteiger partial charge in [0.25, 0.3) is 5.91 Å². The van der Waals surface area contributed by atoms with Crippen LogP contribution in [0.2, 0.25) is 0 Å². The van der Waals surface area contributed by atoms with E-state index in [0.29, 0.717) is 18.2 Å². The van der Waals surface area contributed by atoms with Crippen LogP contribution in [0, 0.1) is 0 Å². The zero-order valence-electron chi connectivity index (χ0n) is 27.7. The molecule has 4 N–H and O–H groups in total. The topological polar surface area (TPSA) is 135 Å². The molecule has 0 radical (unpaired) electrons. The second-order valence-electron chi connectivity index (χ2n) is 13.4. The quantitative estimate of drug-likeness (QED) is 0.231. The first-order chi connectivity index (χ1) is 23.4. The standard InChI is InChI=1S/C37H46N8O3/c1-43-23-30(22-41-43)29-19-32(35(38)39-20-29)37(47)42-33-5-2-6-34(33)48-24-25-7-9-26(10-8-25)28-18-27-4-3-13-45(36(27)40-21-28)31-11-14-44(15-12-31)16-17-46/h7-10,18-23,31,33-34,46H,2-6,11-17,24H2,1H3,(H2,38,39)(H,42,47)/t33-,34-/m0/s1. The molecule has 0 bridgehead atoms. The van der Waals surface area contributed by atoms with E-state index < -0.39 is 0 Å². The summed E-state index contributed by atoms with van der Waals surface area (Å²) in [6.45, 7) is 4.62. The van der Waals surface area contributed by atoms with Crippen molar-refractivity contribution in [2.75, 3.05) is 43.4 Å². The number of amides is 1. The van der Waals surface area contributed by atoms with Crippen molar-refractivity contribution in [3.63, 3.8) is 0 Å². The number of carbonyl (C=O) groups is 1. The molecule has 7 rings (SSSR count). The van der Waals surface area contributed by atoms with Crippen LogP contribution in [0.1, 0.15) is 60.0 Å². The number of likely N-dealkylation sites (tertiary alicyclic amines) is 1. The van der Waals surface area contributed by atoms with Crippen LogP contribution in [0.4, 0.5) is 11.6 Å². The Hall–Kier alpha value is -4.32. The zero-order chi connectivity index (χ0) is 33.0. The summed E-state index contributed by atoms with van der Waals surface area (Å²) < 4.78 is 8.08. The van der Waals surface area contributed by atoms with E-state index >= 15 is 0 Å². The summed E-state index contributed by atoms with van der Waals surface area (Å²) in [7, 11) is 1.85. The number of hydrogen-bond acceptors (Lipinski definition) is 9. The second kappa shape index (κ2) is 14.4. The molecule has 4 aromatic rings. The van der Waals surface area contributed by atoms with Gasteiger partial charge in [-0.1, -0.05) is 24.3 Å². The van der Waals surface area contributed by atoms with Crippen molar-refractivity contribution >= 4 is 17.5 Å². The Labute approximate surface area is 282 Å². The van der Waals surface area contributed by atoms with Crippen LogP contribution < -0.4 is 16.0 Å². The number of benzene rings is 1. The number of piperidine rings is 1. The molecular weight excluding hydrogens is 604 g/mol.